The number of hydrogen-bond acceptors (Lipinski definition) is 2. The third kappa shape index (κ3) is 2.15. The van der Waals surface area contributed by atoms with E-state index < -0.39 is 0 Å². The fourth-order valence-electron chi connectivity index (χ4n) is 0.328. The van der Waals surface area contributed by atoms with Crippen LogP contribution in [0.4, 0.5) is 5.00 Å². The molecule has 0 aliphatic rings. The van der Waals surface area contributed by atoms with E-state index in [2.05, 4.69) is 15.9 Å². The van der Waals surface area contributed by atoms with Crippen molar-refractivity contribution in [3.8, 4) is 0 Å². The van der Waals surface area contributed by atoms with Crippen LogP contribution in [0.2, 0.25) is 0 Å². The molecule has 1 heterocycles. The van der Waals surface area contributed by atoms with E-state index in [-0.39, 0.29) is 17.0 Å². The fourth-order valence-corrected chi connectivity index (χ4v) is 1.52. The van der Waals surface area contributed by atoms with Crippen molar-refractivity contribution >= 4 is 49.2 Å². The monoisotopic (exact) mass is 257 g/mol. The molecule has 1 aromatic rings. The van der Waals surface area contributed by atoms with Gasteiger partial charge in [0.1, 0.15) is 0 Å². The molecule has 0 aromatic carbocycles. The summed E-state index contributed by atoms with van der Waals surface area (Å²) in [6, 6.07) is 1.88. The summed E-state index contributed by atoms with van der Waals surface area (Å²) in [4.78, 5) is 0. The number of rotatable bonds is 0. The standard InChI is InChI=1S/C4H4BrNS.BrH/c5-3-1-4(6)7-2-3;/h1-2H,6H2;1H. The molecule has 2 N–H and O–H groups in total. The zero-order valence-corrected chi connectivity index (χ0v) is 8.04. The molecular formula is C4H5Br2NS. The largest absolute Gasteiger partial charge is 0.391 e. The maximum Gasteiger partial charge on any atom is 0.0868 e. The highest BCUT2D eigenvalue weighted by atomic mass is 79.9. The van der Waals surface area contributed by atoms with E-state index in [1.165, 1.54) is 11.3 Å². The second-order valence-corrected chi connectivity index (χ2v) is 3.03. The van der Waals surface area contributed by atoms with Gasteiger partial charge in [0.05, 0.1) is 5.00 Å². The van der Waals surface area contributed by atoms with Crippen LogP contribution < -0.4 is 5.73 Å². The number of thiophene rings is 1. The van der Waals surface area contributed by atoms with Gasteiger partial charge in [-0.15, -0.1) is 28.3 Å². The normalized spacial score (nSPS) is 8.12. The average Bonchev–Trinajstić information content (AvgIpc) is 1.87. The molecule has 8 heavy (non-hydrogen) atoms. The van der Waals surface area contributed by atoms with Crippen LogP contribution in [0.5, 0.6) is 0 Å². The molecule has 0 radical (unpaired) electrons. The van der Waals surface area contributed by atoms with Crippen LogP contribution in [0.1, 0.15) is 0 Å². The molecule has 0 aliphatic carbocycles. The minimum Gasteiger partial charge on any atom is -0.391 e. The Morgan fingerprint density at radius 2 is 2.25 bits per heavy atom. The summed E-state index contributed by atoms with van der Waals surface area (Å²) in [5.74, 6) is 0. The van der Waals surface area contributed by atoms with Gasteiger partial charge in [-0.05, 0) is 22.0 Å². The maximum absolute atomic E-state index is 5.37. The molecule has 1 rings (SSSR count). The Morgan fingerprint density at radius 1 is 1.62 bits per heavy atom. The van der Waals surface area contributed by atoms with Crippen LogP contribution in [0.3, 0.4) is 0 Å². The second-order valence-electron chi connectivity index (χ2n) is 1.17. The quantitative estimate of drug-likeness (QED) is 0.761. The molecule has 0 fully saturated rings. The number of anilines is 1. The lowest BCUT2D eigenvalue weighted by Crippen LogP contribution is -1.72. The smallest absolute Gasteiger partial charge is 0.0868 e. The van der Waals surface area contributed by atoms with Crippen LogP contribution in [-0.4, -0.2) is 0 Å². The Hall–Kier alpha value is 0.460. The molecule has 1 nitrogen and oxygen atoms in total. The van der Waals surface area contributed by atoms with Crippen LogP contribution in [0.25, 0.3) is 0 Å². The van der Waals surface area contributed by atoms with E-state index in [4.69, 9.17) is 5.73 Å². The Kier molecular flexibility index (Phi) is 3.68. The first-order chi connectivity index (χ1) is 3.29. The van der Waals surface area contributed by atoms with Crippen LogP contribution in [0.15, 0.2) is 15.9 Å². The lowest BCUT2D eigenvalue weighted by atomic mass is 10.6. The zero-order chi connectivity index (χ0) is 5.28. The third-order valence-corrected chi connectivity index (χ3v) is 2.11. The fraction of sp³-hybridized carbons (Fsp3) is 0. The summed E-state index contributed by atoms with van der Waals surface area (Å²) in [5.41, 5.74) is 5.37. The Morgan fingerprint density at radius 3 is 2.38 bits per heavy atom. The number of nitrogen functional groups attached to an aromatic ring is 1. The lowest BCUT2D eigenvalue weighted by molar-refractivity contribution is 1.86. The minimum absolute atomic E-state index is 0. The maximum atomic E-state index is 5.37. The van der Waals surface area contributed by atoms with Crippen molar-refractivity contribution < 1.29 is 0 Å². The molecule has 1 aromatic heterocycles. The minimum atomic E-state index is 0. The average molecular weight is 259 g/mol. The number of hydrogen-bond donors (Lipinski definition) is 1. The van der Waals surface area contributed by atoms with Crippen molar-refractivity contribution in [2.75, 3.05) is 5.73 Å². The van der Waals surface area contributed by atoms with Gasteiger partial charge in [-0.25, -0.2) is 0 Å². The van der Waals surface area contributed by atoms with E-state index >= 15 is 0 Å². The van der Waals surface area contributed by atoms with Crippen LogP contribution in [0, 0.1) is 0 Å². The lowest BCUT2D eigenvalue weighted by Gasteiger charge is -1.70. The van der Waals surface area contributed by atoms with Gasteiger partial charge in [-0.1, -0.05) is 0 Å². The summed E-state index contributed by atoms with van der Waals surface area (Å²) in [7, 11) is 0. The molecule has 46 valence electrons. The van der Waals surface area contributed by atoms with E-state index in [0.717, 1.165) is 9.47 Å². The van der Waals surface area contributed by atoms with Gasteiger partial charge in [-0.2, -0.15) is 0 Å². The predicted molar refractivity (Wildman–Crippen MR) is 46.8 cm³/mol. The van der Waals surface area contributed by atoms with E-state index in [1.807, 2.05) is 11.4 Å². The van der Waals surface area contributed by atoms with Gasteiger partial charge >= 0.3 is 0 Å². The Bertz CT molecular complexity index is 146. The molecule has 0 atom stereocenters. The first kappa shape index (κ1) is 8.46. The van der Waals surface area contributed by atoms with Gasteiger partial charge in [0.15, 0.2) is 0 Å². The van der Waals surface area contributed by atoms with Gasteiger partial charge in [-0.3, -0.25) is 0 Å². The van der Waals surface area contributed by atoms with E-state index in [1.54, 1.807) is 0 Å². The first-order valence-corrected chi connectivity index (χ1v) is 3.46. The molecule has 0 spiro atoms. The molecule has 0 saturated heterocycles. The van der Waals surface area contributed by atoms with Gasteiger partial charge in [0.2, 0.25) is 0 Å². The van der Waals surface area contributed by atoms with Gasteiger partial charge < -0.3 is 5.73 Å². The van der Waals surface area contributed by atoms with Gasteiger partial charge in [0, 0.05) is 9.85 Å². The van der Waals surface area contributed by atoms with Crippen LogP contribution >= 0.6 is 44.2 Å². The summed E-state index contributed by atoms with van der Waals surface area (Å²) < 4.78 is 1.06. The summed E-state index contributed by atoms with van der Waals surface area (Å²) in [5, 5.41) is 2.81. The molecule has 0 aliphatic heterocycles. The highest BCUT2D eigenvalue weighted by molar-refractivity contribution is 9.10. The van der Waals surface area contributed by atoms with Gasteiger partial charge in [0.25, 0.3) is 0 Å². The number of halogens is 2. The summed E-state index contributed by atoms with van der Waals surface area (Å²) in [6.45, 7) is 0. The second kappa shape index (κ2) is 3.48. The zero-order valence-electron chi connectivity index (χ0n) is 3.93. The van der Waals surface area contributed by atoms with Crippen molar-refractivity contribution in [3.05, 3.63) is 15.9 Å². The van der Waals surface area contributed by atoms with Crippen molar-refractivity contribution in [1.82, 2.24) is 0 Å². The van der Waals surface area contributed by atoms with Crippen molar-refractivity contribution in [2.45, 2.75) is 0 Å². The molecule has 4 heteroatoms. The third-order valence-electron chi connectivity index (χ3n) is 0.588. The topological polar surface area (TPSA) is 26.0 Å². The SMILES string of the molecule is Br.Nc1cc(Br)cs1. The van der Waals surface area contributed by atoms with Crippen LogP contribution in [-0.2, 0) is 0 Å². The summed E-state index contributed by atoms with van der Waals surface area (Å²) in [6.07, 6.45) is 0. The molecular weight excluding hydrogens is 254 g/mol. The molecule has 0 unspecified atom stereocenters. The molecule has 0 amide bonds. The van der Waals surface area contributed by atoms with E-state index in [0.29, 0.717) is 0 Å². The Balaban J connectivity index is 0.000000490. The summed E-state index contributed by atoms with van der Waals surface area (Å²) >= 11 is 4.80. The molecule has 0 saturated carbocycles. The van der Waals surface area contributed by atoms with Crippen molar-refractivity contribution in [3.63, 3.8) is 0 Å². The van der Waals surface area contributed by atoms with Crippen molar-refractivity contribution in [1.29, 1.82) is 0 Å². The first-order valence-electron chi connectivity index (χ1n) is 1.78. The van der Waals surface area contributed by atoms with E-state index in [9.17, 15) is 0 Å². The molecule has 0 bridgehead atoms. The predicted octanol–water partition coefficient (Wildman–Crippen LogP) is 2.67. The highest BCUT2D eigenvalue weighted by Crippen LogP contribution is 2.20. The van der Waals surface area contributed by atoms with Crippen molar-refractivity contribution in [2.24, 2.45) is 0 Å². The Labute approximate surface area is 70.8 Å². The highest BCUT2D eigenvalue weighted by Gasteiger charge is 1.86. The number of nitrogens with two attached hydrogens (primary N) is 1.